The maximum absolute atomic E-state index is 13.0. The minimum Gasteiger partial charge on any atom is -0.353 e. The first kappa shape index (κ1) is 20.6. The second-order valence-electron chi connectivity index (χ2n) is 7.38. The first-order valence-corrected chi connectivity index (χ1v) is 12.0. The van der Waals surface area contributed by atoms with Crippen molar-refractivity contribution in [3.05, 3.63) is 53.4 Å². The molecule has 4 rings (SSSR count). The number of hydrogen-bond donors (Lipinski definition) is 0. The average Bonchev–Trinajstić information content (AvgIpc) is 3.04. The van der Waals surface area contributed by atoms with Gasteiger partial charge in [-0.2, -0.15) is 0 Å². The van der Waals surface area contributed by atoms with Gasteiger partial charge in [-0.3, -0.25) is 4.79 Å². The quantitative estimate of drug-likeness (QED) is 0.594. The molecule has 0 N–H and O–H groups in total. The molecule has 0 saturated carbocycles. The second kappa shape index (κ2) is 8.23. The van der Waals surface area contributed by atoms with Crippen molar-refractivity contribution >= 4 is 44.2 Å². The van der Waals surface area contributed by atoms with E-state index in [0.717, 1.165) is 11.3 Å². The zero-order valence-electron chi connectivity index (χ0n) is 16.5. The first-order chi connectivity index (χ1) is 14.3. The molecular weight excluding hydrogens is 426 g/mol. The zero-order valence-corrected chi connectivity index (χ0v) is 18.1. The van der Waals surface area contributed by atoms with Crippen LogP contribution in [0, 0.1) is 0 Å². The molecule has 1 aliphatic heterocycles. The summed E-state index contributed by atoms with van der Waals surface area (Å²) in [6, 6.07) is 11.0. The van der Waals surface area contributed by atoms with Gasteiger partial charge in [0.15, 0.2) is 9.84 Å². The Kier molecular flexibility index (Phi) is 5.66. The van der Waals surface area contributed by atoms with Crippen molar-refractivity contribution in [1.29, 1.82) is 0 Å². The molecule has 1 aromatic carbocycles. The van der Waals surface area contributed by atoms with Gasteiger partial charge in [-0.15, -0.1) is 0 Å². The lowest BCUT2D eigenvalue weighted by Gasteiger charge is -2.35. The van der Waals surface area contributed by atoms with E-state index in [1.54, 1.807) is 21.7 Å². The van der Waals surface area contributed by atoms with Crippen LogP contribution in [0.25, 0.3) is 11.0 Å². The molecule has 0 atom stereocenters. The SMILES string of the molecule is CS(=O)(=O)Cc1nc2ccccc2n1CC(=O)N1CCN(c2ccc(Cl)cn2)CC1. The lowest BCUT2D eigenvalue weighted by atomic mass is 10.3. The van der Waals surface area contributed by atoms with E-state index < -0.39 is 9.84 Å². The Bertz CT molecular complexity index is 1170. The summed E-state index contributed by atoms with van der Waals surface area (Å²) < 4.78 is 25.4. The molecule has 0 radical (unpaired) electrons. The number of pyridine rings is 1. The highest BCUT2D eigenvalue weighted by Crippen LogP contribution is 2.19. The Hall–Kier alpha value is -2.65. The van der Waals surface area contributed by atoms with Crippen molar-refractivity contribution in [1.82, 2.24) is 19.4 Å². The Balaban J connectivity index is 1.48. The van der Waals surface area contributed by atoms with Crippen LogP contribution in [-0.2, 0) is 26.9 Å². The Morgan fingerprint density at radius 3 is 2.50 bits per heavy atom. The zero-order chi connectivity index (χ0) is 21.3. The summed E-state index contributed by atoms with van der Waals surface area (Å²) in [5.41, 5.74) is 1.44. The third kappa shape index (κ3) is 4.57. The van der Waals surface area contributed by atoms with Crippen molar-refractivity contribution in [2.24, 2.45) is 0 Å². The topological polar surface area (TPSA) is 88.4 Å². The van der Waals surface area contributed by atoms with E-state index in [9.17, 15) is 13.2 Å². The fraction of sp³-hybridized carbons (Fsp3) is 0.350. The van der Waals surface area contributed by atoms with Crippen molar-refractivity contribution in [3.63, 3.8) is 0 Å². The van der Waals surface area contributed by atoms with Gasteiger partial charge in [0.2, 0.25) is 5.91 Å². The highest BCUT2D eigenvalue weighted by molar-refractivity contribution is 7.89. The highest BCUT2D eigenvalue weighted by Gasteiger charge is 2.24. The van der Waals surface area contributed by atoms with E-state index in [2.05, 4.69) is 14.9 Å². The molecular formula is C20H22ClN5O3S. The van der Waals surface area contributed by atoms with Gasteiger partial charge in [-0.05, 0) is 24.3 Å². The number of rotatable bonds is 5. The number of piperazine rings is 1. The van der Waals surface area contributed by atoms with Gasteiger partial charge >= 0.3 is 0 Å². The van der Waals surface area contributed by atoms with Crippen LogP contribution in [0.4, 0.5) is 5.82 Å². The number of anilines is 1. The van der Waals surface area contributed by atoms with E-state index in [-0.39, 0.29) is 18.2 Å². The molecule has 1 aliphatic rings. The lowest BCUT2D eigenvalue weighted by Crippen LogP contribution is -2.49. The molecule has 3 aromatic rings. The molecule has 1 fully saturated rings. The molecule has 0 unspecified atom stereocenters. The number of imidazole rings is 1. The van der Waals surface area contributed by atoms with Crippen molar-refractivity contribution in [3.8, 4) is 0 Å². The van der Waals surface area contributed by atoms with Crippen molar-refractivity contribution in [2.45, 2.75) is 12.3 Å². The van der Waals surface area contributed by atoms with Crippen LogP contribution >= 0.6 is 11.6 Å². The minimum atomic E-state index is -3.28. The summed E-state index contributed by atoms with van der Waals surface area (Å²) in [5.74, 6) is 0.959. The lowest BCUT2D eigenvalue weighted by molar-refractivity contribution is -0.132. The molecule has 8 nitrogen and oxygen atoms in total. The second-order valence-corrected chi connectivity index (χ2v) is 9.95. The molecule has 1 saturated heterocycles. The number of fused-ring (bicyclic) bond motifs is 1. The smallest absolute Gasteiger partial charge is 0.242 e. The minimum absolute atomic E-state index is 0.0587. The third-order valence-electron chi connectivity index (χ3n) is 5.09. The van der Waals surface area contributed by atoms with Gasteiger partial charge in [-0.25, -0.2) is 18.4 Å². The van der Waals surface area contributed by atoms with E-state index in [4.69, 9.17) is 11.6 Å². The van der Waals surface area contributed by atoms with Crippen molar-refractivity contribution in [2.75, 3.05) is 37.3 Å². The normalized spacial score (nSPS) is 15.0. The van der Waals surface area contributed by atoms with Crippen LogP contribution in [0.3, 0.4) is 0 Å². The van der Waals surface area contributed by atoms with Crippen molar-refractivity contribution < 1.29 is 13.2 Å². The first-order valence-electron chi connectivity index (χ1n) is 9.56. The fourth-order valence-corrected chi connectivity index (χ4v) is 4.42. The maximum atomic E-state index is 13.0. The summed E-state index contributed by atoms with van der Waals surface area (Å²) in [6.45, 7) is 2.53. The molecule has 10 heteroatoms. The van der Waals surface area contributed by atoms with Crippen LogP contribution in [0.2, 0.25) is 5.02 Å². The number of carbonyl (C=O) groups is 1. The number of aromatic nitrogens is 3. The van der Waals surface area contributed by atoms with E-state index in [0.29, 0.717) is 42.5 Å². The summed E-state index contributed by atoms with van der Waals surface area (Å²) in [5, 5.41) is 0.588. The summed E-state index contributed by atoms with van der Waals surface area (Å²) in [6.07, 6.45) is 2.78. The molecule has 0 spiro atoms. The number of para-hydroxylation sites is 2. The molecule has 0 aliphatic carbocycles. The van der Waals surface area contributed by atoms with Gasteiger partial charge < -0.3 is 14.4 Å². The fourth-order valence-electron chi connectivity index (χ4n) is 3.62. The van der Waals surface area contributed by atoms with Crippen LogP contribution in [0.1, 0.15) is 5.82 Å². The molecule has 1 amide bonds. The van der Waals surface area contributed by atoms with Gasteiger partial charge in [0.25, 0.3) is 0 Å². The third-order valence-corrected chi connectivity index (χ3v) is 6.09. The monoisotopic (exact) mass is 447 g/mol. The average molecular weight is 448 g/mol. The summed E-state index contributed by atoms with van der Waals surface area (Å²) >= 11 is 5.90. The number of carbonyl (C=O) groups excluding carboxylic acids is 1. The van der Waals surface area contributed by atoms with Gasteiger partial charge in [-0.1, -0.05) is 23.7 Å². The predicted molar refractivity (Wildman–Crippen MR) is 116 cm³/mol. The number of halogens is 1. The largest absolute Gasteiger partial charge is 0.353 e. The van der Waals surface area contributed by atoms with Crippen LogP contribution < -0.4 is 4.90 Å². The number of sulfone groups is 1. The number of benzene rings is 1. The van der Waals surface area contributed by atoms with Gasteiger partial charge in [0.1, 0.15) is 23.9 Å². The number of nitrogens with zero attached hydrogens (tertiary/aromatic N) is 5. The Morgan fingerprint density at radius 1 is 1.10 bits per heavy atom. The molecule has 2 aromatic heterocycles. The Morgan fingerprint density at radius 2 is 1.83 bits per heavy atom. The number of hydrogen-bond acceptors (Lipinski definition) is 6. The molecule has 30 heavy (non-hydrogen) atoms. The van der Waals surface area contributed by atoms with E-state index in [1.165, 1.54) is 6.26 Å². The summed E-state index contributed by atoms with van der Waals surface area (Å²) in [7, 11) is -3.28. The van der Waals surface area contributed by atoms with Crippen LogP contribution in [0.5, 0.6) is 0 Å². The van der Waals surface area contributed by atoms with Crippen LogP contribution in [-0.4, -0.2) is 66.2 Å². The molecule has 3 heterocycles. The van der Waals surface area contributed by atoms with E-state index >= 15 is 0 Å². The van der Waals surface area contributed by atoms with Crippen LogP contribution in [0.15, 0.2) is 42.6 Å². The standard InChI is InChI=1S/C20H22ClN5O3S/c1-30(28,29)14-19-23-16-4-2-3-5-17(16)26(19)13-20(27)25-10-8-24(9-11-25)18-7-6-15(21)12-22-18/h2-7,12H,8-11,13-14H2,1H3. The maximum Gasteiger partial charge on any atom is 0.242 e. The predicted octanol–water partition coefficient (Wildman–Crippen LogP) is 1.98. The number of amides is 1. The molecule has 158 valence electrons. The van der Waals surface area contributed by atoms with Gasteiger partial charge in [0, 0.05) is 38.6 Å². The van der Waals surface area contributed by atoms with Gasteiger partial charge in [0.05, 0.1) is 16.1 Å². The summed E-state index contributed by atoms with van der Waals surface area (Å²) in [4.78, 5) is 25.7. The Labute approximate surface area is 180 Å². The highest BCUT2D eigenvalue weighted by atomic mass is 35.5. The van der Waals surface area contributed by atoms with E-state index in [1.807, 2.05) is 30.3 Å². The molecule has 0 bridgehead atoms.